The Labute approximate surface area is 117 Å². The molecule has 1 aromatic carbocycles. The van der Waals surface area contributed by atoms with Crippen molar-refractivity contribution in [3.05, 3.63) is 40.0 Å². The maximum absolute atomic E-state index is 11.0. The van der Waals surface area contributed by atoms with Gasteiger partial charge in [-0.3, -0.25) is 0 Å². The van der Waals surface area contributed by atoms with Crippen LogP contribution in [0.25, 0.3) is 0 Å². The number of carbonyl (C=O) groups is 1. The Morgan fingerprint density at radius 2 is 2.32 bits per heavy atom. The summed E-state index contributed by atoms with van der Waals surface area (Å²) >= 11 is 3.26. The Morgan fingerprint density at radius 3 is 2.95 bits per heavy atom. The van der Waals surface area contributed by atoms with Crippen molar-refractivity contribution < 1.29 is 19.2 Å². The summed E-state index contributed by atoms with van der Waals surface area (Å²) in [6.07, 6.45) is 0.667. The van der Waals surface area contributed by atoms with Gasteiger partial charge in [0.1, 0.15) is 11.3 Å². The minimum absolute atomic E-state index is 0.0315. The first-order valence-corrected chi connectivity index (χ1v) is 6.36. The number of nitrogens with zero attached hydrogens (tertiary/aromatic N) is 2. The summed E-state index contributed by atoms with van der Waals surface area (Å²) in [6, 6.07) is 4.69. The van der Waals surface area contributed by atoms with Crippen LogP contribution in [-0.2, 0) is 13.0 Å². The fraction of sp³-hybridized carbons (Fsp3) is 0.250. The molecule has 0 saturated heterocycles. The van der Waals surface area contributed by atoms with Gasteiger partial charge in [0.05, 0.1) is 0 Å². The van der Waals surface area contributed by atoms with Gasteiger partial charge in [0.2, 0.25) is 0 Å². The zero-order chi connectivity index (χ0) is 13.8. The molecule has 0 saturated carbocycles. The molecule has 0 unspecified atom stereocenters. The number of aromatic nitrogens is 2. The van der Waals surface area contributed by atoms with Gasteiger partial charge in [0, 0.05) is 10.9 Å². The van der Waals surface area contributed by atoms with Crippen molar-refractivity contribution in [2.45, 2.75) is 20.0 Å². The topological polar surface area (TPSA) is 85.5 Å². The first-order chi connectivity index (χ1) is 9.10. The van der Waals surface area contributed by atoms with E-state index in [0.29, 0.717) is 18.1 Å². The van der Waals surface area contributed by atoms with Crippen LogP contribution in [0.15, 0.2) is 27.2 Å². The number of aromatic carboxylic acids is 1. The molecule has 0 bridgehead atoms. The molecule has 6 nitrogen and oxygen atoms in total. The number of aryl methyl sites for hydroxylation is 1. The summed E-state index contributed by atoms with van der Waals surface area (Å²) in [5.74, 6) is 0.0971. The summed E-state index contributed by atoms with van der Waals surface area (Å²) in [5, 5.41) is 12.8. The maximum atomic E-state index is 11.0. The third kappa shape index (κ3) is 3.31. The molecule has 0 spiro atoms. The van der Waals surface area contributed by atoms with Crippen LogP contribution < -0.4 is 4.74 Å². The fourth-order valence-electron chi connectivity index (χ4n) is 1.42. The second kappa shape index (κ2) is 5.83. The van der Waals surface area contributed by atoms with Crippen molar-refractivity contribution in [1.29, 1.82) is 0 Å². The Kier molecular flexibility index (Phi) is 4.16. The Bertz CT molecular complexity index is 597. The lowest BCUT2D eigenvalue weighted by Crippen LogP contribution is -2.03. The largest absolute Gasteiger partial charge is 0.483 e. The third-order valence-corrected chi connectivity index (χ3v) is 2.84. The predicted octanol–water partition coefficient (Wildman–Crippen LogP) is 2.67. The Morgan fingerprint density at radius 1 is 1.53 bits per heavy atom. The number of carboxylic acid groups (broad SMARTS) is 1. The summed E-state index contributed by atoms with van der Waals surface area (Å²) < 4.78 is 11.1. The van der Waals surface area contributed by atoms with Gasteiger partial charge in [0.15, 0.2) is 12.4 Å². The summed E-state index contributed by atoms with van der Waals surface area (Å²) in [6.45, 7) is 1.94. The number of hydrogen-bond donors (Lipinski definition) is 1. The number of hydrogen-bond acceptors (Lipinski definition) is 5. The summed E-state index contributed by atoms with van der Waals surface area (Å²) in [5.41, 5.74) is 0.0819. The van der Waals surface area contributed by atoms with Gasteiger partial charge in [0.25, 0.3) is 5.89 Å². The molecule has 0 radical (unpaired) electrons. The Balaban J connectivity index is 2.14. The predicted molar refractivity (Wildman–Crippen MR) is 69.1 cm³/mol. The molecule has 1 heterocycles. The van der Waals surface area contributed by atoms with E-state index in [9.17, 15) is 4.79 Å². The van der Waals surface area contributed by atoms with Gasteiger partial charge in [-0.15, -0.1) is 0 Å². The molecule has 100 valence electrons. The van der Waals surface area contributed by atoms with Crippen LogP contribution in [0, 0.1) is 0 Å². The van der Waals surface area contributed by atoms with E-state index >= 15 is 0 Å². The van der Waals surface area contributed by atoms with E-state index in [1.54, 1.807) is 12.1 Å². The van der Waals surface area contributed by atoms with Crippen molar-refractivity contribution in [3.8, 4) is 5.75 Å². The van der Waals surface area contributed by atoms with Gasteiger partial charge >= 0.3 is 5.97 Å². The number of rotatable bonds is 5. The van der Waals surface area contributed by atoms with Crippen molar-refractivity contribution in [2.75, 3.05) is 0 Å². The highest BCUT2D eigenvalue weighted by molar-refractivity contribution is 9.10. The molecule has 2 aromatic rings. The van der Waals surface area contributed by atoms with Crippen LogP contribution >= 0.6 is 15.9 Å². The lowest BCUT2D eigenvalue weighted by Gasteiger charge is -2.07. The van der Waals surface area contributed by atoms with E-state index in [0.717, 1.165) is 4.47 Å². The van der Waals surface area contributed by atoms with E-state index in [2.05, 4.69) is 26.1 Å². The molecule has 0 aliphatic rings. The molecule has 2 rings (SSSR count). The SMILES string of the molecule is CCc1noc(COc2cc(Br)ccc2C(=O)O)n1. The van der Waals surface area contributed by atoms with Crippen LogP contribution in [0.4, 0.5) is 0 Å². The first-order valence-electron chi connectivity index (χ1n) is 5.57. The molecule has 0 aliphatic carbocycles. The van der Waals surface area contributed by atoms with E-state index in [4.69, 9.17) is 14.4 Å². The highest BCUT2D eigenvalue weighted by atomic mass is 79.9. The average Bonchev–Trinajstić information content (AvgIpc) is 2.84. The summed E-state index contributed by atoms with van der Waals surface area (Å²) in [4.78, 5) is 15.1. The molecule has 19 heavy (non-hydrogen) atoms. The van der Waals surface area contributed by atoms with Crippen LogP contribution in [0.3, 0.4) is 0 Å². The molecule has 0 amide bonds. The average molecular weight is 327 g/mol. The van der Waals surface area contributed by atoms with Gasteiger partial charge in [-0.25, -0.2) is 4.79 Å². The molecule has 1 N–H and O–H groups in total. The zero-order valence-corrected chi connectivity index (χ0v) is 11.7. The van der Waals surface area contributed by atoms with Crippen molar-refractivity contribution in [2.24, 2.45) is 0 Å². The minimum Gasteiger partial charge on any atom is -0.483 e. The monoisotopic (exact) mass is 326 g/mol. The fourth-order valence-corrected chi connectivity index (χ4v) is 1.76. The van der Waals surface area contributed by atoms with Crippen LogP contribution in [0.1, 0.15) is 29.0 Å². The molecule has 0 atom stereocenters. The van der Waals surface area contributed by atoms with Crippen LogP contribution in [0.5, 0.6) is 5.75 Å². The third-order valence-electron chi connectivity index (χ3n) is 2.35. The smallest absolute Gasteiger partial charge is 0.339 e. The van der Waals surface area contributed by atoms with Crippen molar-refractivity contribution in [1.82, 2.24) is 10.1 Å². The second-order valence-electron chi connectivity index (χ2n) is 3.69. The lowest BCUT2D eigenvalue weighted by atomic mass is 10.2. The van der Waals surface area contributed by atoms with Gasteiger partial charge in [-0.05, 0) is 18.2 Å². The van der Waals surface area contributed by atoms with Crippen molar-refractivity contribution in [3.63, 3.8) is 0 Å². The number of halogens is 1. The van der Waals surface area contributed by atoms with Crippen molar-refractivity contribution >= 4 is 21.9 Å². The highest BCUT2D eigenvalue weighted by Gasteiger charge is 2.13. The summed E-state index contributed by atoms with van der Waals surface area (Å²) in [7, 11) is 0. The van der Waals surface area contributed by atoms with E-state index in [1.165, 1.54) is 6.07 Å². The second-order valence-corrected chi connectivity index (χ2v) is 4.61. The minimum atomic E-state index is -1.05. The molecule has 1 aromatic heterocycles. The van der Waals surface area contributed by atoms with Crippen LogP contribution in [0.2, 0.25) is 0 Å². The Hall–Kier alpha value is -1.89. The zero-order valence-electron chi connectivity index (χ0n) is 10.1. The normalized spacial score (nSPS) is 10.4. The van der Waals surface area contributed by atoms with Gasteiger partial charge in [-0.1, -0.05) is 28.0 Å². The molecular formula is C12H11BrN2O4. The van der Waals surface area contributed by atoms with E-state index in [1.807, 2.05) is 6.92 Å². The highest BCUT2D eigenvalue weighted by Crippen LogP contribution is 2.24. The van der Waals surface area contributed by atoms with E-state index < -0.39 is 5.97 Å². The molecule has 7 heteroatoms. The maximum Gasteiger partial charge on any atom is 0.339 e. The standard InChI is InChI=1S/C12H11BrN2O4/c1-2-10-14-11(19-15-10)6-18-9-5-7(13)3-4-8(9)12(16)17/h3-5H,2,6H2,1H3,(H,16,17). The van der Waals surface area contributed by atoms with E-state index in [-0.39, 0.29) is 17.9 Å². The van der Waals surface area contributed by atoms with Gasteiger partial charge < -0.3 is 14.4 Å². The number of ether oxygens (including phenoxy) is 1. The first kappa shape index (κ1) is 13.5. The number of benzene rings is 1. The molecular weight excluding hydrogens is 316 g/mol. The molecule has 0 fully saturated rings. The number of carboxylic acids is 1. The molecule has 0 aliphatic heterocycles. The van der Waals surface area contributed by atoms with Gasteiger partial charge in [-0.2, -0.15) is 4.98 Å². The van der Waals surface area contributed by atoms with Crippen LogP contribution in [-0.4, -0.2) is 21.2 Å². The lowest BCUT2D eigenvalue weighted by molar-refractivity contribution is 0.0691. The quantitative estimate of drug-likeness (QED) is 0.909.